The van der Waals surface area contributed by atoms with Crippen molar-refractivity contribution < 1.29 is 27.5 Å². The van der Waals surface area contributed by atoms with E-state index in [1.54, 1.807) is 26.4 Å². The molecule has 1 N–H and O–H groups in total. The largest absolute Gasteiger partial charge is 0.493 e. The predicted octanol–water partition coefficient (Wildman–Crippen LogP) is 1.60. The van der Waals surface area contributed by atoms with Gasteiger partial charge < -0.3 is 14.8 Å². The molecule has 0 saturated heterocycles. The number of hydrogen-bond donors (Lipinski definition) is 1. The smallest absolute Gasteiger partial charge is 0.269 e. The molecule has 0 radical (unpaired) electrons. The highest BCUT2D eigenvalue weighted by molar-refractivity contribution is 7.90. The van der Waals surface area contributed by atoms with Gasteiger partial charge in [0, 0.05) is 6.54 Å². The Labute approximate surface area is 169 Å². The van der Waals surface area contributed by atoms with Crippen LogP contribution in [-0.2, 0) is 21.2 Å². The molecule has 0 fully saturated rings. The van der Waals surface area contributed by atoms with Crippen LogP contribution in [0.1, 0.15) is 22.3 Å². The van der Waals surface area contributed by atoms with Gasteiger partial charge in [-0.1, -0.05) is 18.2 Å². The van der Waals surface area contributed by atoms with Gasteiger partial charge in [-0.05, 0) is 42.7 Å². The number of amides is 2. The molecule has 1 aliphatic rings. The quantitative estimate of drug-likeness (QED) is 0.654. The molecule has 3 rings (SSSR count). The zero-order chi connectivity index (χ0) is 21.0. The molecule has 0 saturated carbocycles. The van der Waals surface area contributed by atoms with Crippen molar-refractivity contribution >= 4 is 21.8 Å². The molecule has 0 atom stereocenters. The number of ether oxygens (including phenoxy) is 2. The van der Waals surface area contributed by atoms with E-state index in [0.717, 1.165) is 5.56 Å². The minimum absolute atomic E-state index is 0.0637. The zero-order valence-corrected chi connectivity index (χ0v) is 17.0. The van der Waals surface area contributed by atoms with Crippen LogP contribution in [0.2, 0.25) is 0 Å². The number of aryl methyl sites for hydroxylation is 1. The van der Waals surface area contributed by atoms with Gasteiger partial charge in [-0.25, -0.2) is 12.7 Å². The van der Waals surface area contributed by atoms with E-state index in [1.807, 2.05) is 18.2 Å². The van der Waals surface area contributed by atoms with Crippen molar-refractivity contribution in [3.05, 3.63) is 53.6 Å². The molecule has 1 heterocycles. The normalized spacial score (nSPS) is 14.4. The molecule has 0 aromatic heterocycles. The van der Waals surface area contributed by atoms with Crippen LogP contribution < -0.4 is 14.8 Å². The second kappa shape index (κ2) is 8.52. The Morgan fingerprint density at radius 2 is 1.79 bits per heavy atom. The van der Waals surface area contributed by atoms with Crippen LogP contribution in [-0.4, -0.2) is 51.8 Å². The first-order chi connectivity index (χ1) is 13.9. The predicted molar refractivity (Wildman–Crippen MR) is 106 cm³/mol. The summed E-state index contributed by atoms with van der Waals surface area (Å²) in [7, 11) is -0.852. The molecule has 0 spiro atoms. The minimum atomic E-state index is -3.98. The molecule has 0 unspecified atom stereocenters. The van der Waals surface area contributed by atoms with Crippen molar-refractivity contribution in [2.75, 3.05) is 27.3 Å². The highest BCUT2D eigenvalue weighted by Crippen LogP contribution is 2.29. The summed E-state index contributed by atoms with van der Waals surface area (Å²) < 4.78 is 36.0. The number of rotatable bonds is 8. The van der Waals surface area contributed by atoms with Crippen LogP contribution in [0.25, 0.3) is 0 Å². The molecule has 9 heteroatoms. The molecular formula is C20H22N2O6S. The van der Waals surface area contributed by atoms with Gasteiger partial charge in [-0.15, -0.1) is 0 Å². The number of nitrogens with one attached hydrogen (secondary N) is 1. The lowest BCUT2D eigenvalue weighted by Gasteiger charge is -2.15. The second-order valence-corrected chi connectivity index (χ2v) is 8.29. The Balaban J connectivity index is 1.52. The van der Waals surface area contributed by atoms with Gasteiger partial charge in [0.2, 0.25) is 5.91 Å². The van der Waals surface area contributed by atoms with E-state index in [-0.39, 0.29) is 10.5 Å². The zero-order valence-electron chi connectivity index (χ0n) is 16.2. The van der Waals surface area contributed by atoms with Crippen molar-refractivity contribution in [3.63, 3.8) is 0 Å². The van der Waals surface area contributed by atoms with E-state index < -0.39 is 28.4 Å². The summed E-state index contributed by atoms with van der Waals surface area (Å²) in [5, 5.41) is 2.66. The van der Waals surface area contributed by atoms with E-state index in [4.69, 9.17) is 9.47 Å². The average Bonchev–Trinajstić information content (AvgIpc) is 2.92. The van der Waals surface area contributed by atoms with Crippen LogP contribution in [0.15, 0.2) is 47.4 Å². The monoisotopic (exact) mass is 418 g/mol. The number of fused-ring (bicyclic) bond motifs is 1. The number of sulfonamides is 1. The van der Waals surface area contributed by atoms with Crippen LogP contribution in [0.4, 0.5) is 0 Å². The molecule has 154 valence electrons. The summed E-state index contributed by atoms with van der Waals surface area (Å²) in [5.41, 5.74) is 1.11. The second-order valence-electron chi connectivity index (χ2n) is 6.46. The lowest BCUT2D eigenvalue weighted by atomic mass is 10.1. The van der Waals surface area contributed by atoms with E-state index in [0.29, 0.717) is 35.2 Å². The molecule has 1 aliphatic heterocycles. The van der Waals surface area contributed by atoms with Crippen molar-refractivity contribution in [2.45, 2.75) is 17.7 Å². The summed E-state index contributed by atoms with van der Waals surface area (Å²) >= 11 is 0. The Morgan fingerprint density at radius 3 is 2.48 bits per heavy atom. The Morgan fingerprint density at radius 1 is 1.07 bits per heavy atom. The fourth-order valence-corrected chi connectivity index (χ4v) is 4.66. The summed E-state index contributed by atoms with van der Waals surface area (Å²) in [6, 6.07) is 11.5. The Bertz CT molecular complexity index is 1040. The summed E-state index contributed by atoms with van der Waals surface area (Å²) in [4.78, 5) is 24.4. The standard InChI is InChI=1S/C20H22N2O6S/c1-27-16-10-9-14(12-17(16)28-2)6-5-11-21-19(23)13-22-20(24)15-7-3-4-8-18(15)29(22,25)26/h3-4,7-10,12H,5-6,11,13H2,1-2H3,(H,21,23). The van der Waals surface area contributed by atoms with E-state index in [9.17, 15) is 18.0 Å². The molecule has 2 aromatic carbocycles. The first kappa shape index (κ1) is 20.7. The molecule has 8 nitrogen and oxygen atoms in total. The molecule has 0 aliphatic carbocycles. The summed E-state index contributed by atoms with van der Waals surface area (Å²) in [6.07, 6.45) is 1.33. The van der Waals surface area contributed by atoms with Gasteiger partial charge in [0.15, 0.2) is 11.5 Å². The molecular weight excluding hydrogens is 396 g/mol. The highest BCUT2D eigenvalue weighted by Gasteiger charge is 2.41. The van der Waals surface area contributed by atoms with Crippen molar-refractivity contribution in [2.24, 2.45) is 0 Å². The molecule has 2 amide bonds. The van der Waals surface area contributed by atoms with E-state index in [1.165, 1.54) is 12.1 Å². The Kier molecular flexibility index (Phi) is 6.07. The maximum Gasteiger partial charge on any atom is 0.269 e. The maximum absolute atomic E-state index is 12.5. The van der Waals surface area contributed by atoms with Gasteiger partial charge in [0.25, 0.3) is 15.9 Å². The minimum Gasteiger partial charge on any atom is -0.493 e. The summed E-state index contributed by atoms with van der Waals surface area (Å²) in [5.74, 6) is 0.0662. The number of methoxy groups -OCH3 is 2. The molecule has 2 aromatic rings. The number of hydrogen-bond acceptors (Lipinski definition) is 6. The first-order valence-electron chi connectivity index (χ1n) is 9.02. The van der Waals surface area contributed by atoms with Crippen LogP contribution in [0.3, 0.4) is 0 Å². The van der Waals surface area contributed by atoms with E-state index >= 15 is 0 Å². The van der Waals surface area contributed by atoms with Gasteiger partial charge in [-0.3, -0.25) is 9.59 Å². The van der Waals surface area contributed by atoms with Crippen LogP contribution >= 0.6 is 0 Å². The number of carbonyl (C=O) groups excluding carboxylic acids is 2. The number of benzene rings is 2. The third kappa shape index (κ3) is 4.19. The summed E-state index contributed by atoms with van der Waals surface area (Å²) in [6.45, 7) is -0.186. The molecule has 0 bridgehead atoms. The van der Waals surface area contributed by atoms with Crippen LogP contribution in [0.5, 0.6) is 11.5 Å². The topological polar surface area (TPSA) is 102 Å². The maximum atomic E-state index is 12.5. The molecule has 29 heavy (non-hydrogen) atoms. The van der Waals surface area contributed by atoms with Gasteiger partial charge in [0.1, 0.15) is 11.4 Å². The van der Waals surface area contributed by atoms with Crippen molar-refractivity contribution in [1.29, 1.82) is 0 Å². The van der Waals surface area contributed by atoms with Gasteiger partial charge in [0.05, 0.1) is 19.8 Å². The van der Waals surface area contributed by atoms with Crippen molar-refractivity contribution in [3.8, 4) is 11.5 Å². The SMILES string of the molecule is COc1ccc(CCCNC(=O)CN2C(=O)c3ccccc3S2(=O)=O)cc1OC. The average molecular weight is 418 g/mol. The Hall–Kier alpha value is -3.07. The van der Waals surface area contributed by atoms with Gasteiger partial charge in [-0.2, -0.15) is 0 Å². The fraction of sp³-hybridized carbons (Fsp3) is 0.300. The van der Waals surface area contributed by atoms with Crippen molar-refractivity contribution in [1.82, 2.24) is 9.62 Å². The number of nitrogens with zero attached hydrogens (tertiary/aromatic N) is 1. The third-order valence-electron chi connectivity index (χ3n) is 4.61. The highest BCUT2D eigenvalue weighted by atomic mass is 32.2. The van der Waals surface area contributed by atoms with Gasteiger partial charge >= 0.3 is 0 Å². The first-order valence-corrected chi connectivity index (χ1v) is 10.5. The third-order valence-corrected chi connectivity index (χ3v) is 6.40. The lowest BCUT2D eigenvalue weighted by molar-refractivity contribution is -0.121. The number of carbonyl (C=O) groups is 2. The van der Waals surface area contributed by atoms with Crippen LogP contribution in [0, 0.1) is 0 Å². The lowest BCUT2D eigenvalue weighted by Crippen LogP contribution is -2.40. The van der Waals surface area contributed by atoms with E-state index in [2.05, 4.69) is 5.32 Å². The fourth-order valence-electron chi connectivity index (χ4n) is 3.13.